The van der Waals surface area contributed by atoms with Crippen LogP contribution >= 0.6 is 31.9 Å². The molecule has 0 heterocycles. The normalized spacial score (nSPS) is 11.4. The van der Waals surface area contributed by atoms with Crippen LogP contribution < -0.4 is 4.74 Å². The van der Waals surface area contributed by atoms with E-state index in [9.17, 15) is 18.0 Å². The Balaban J connectivity index is 2.67. The summed E-state index contributed by atoms with van der Waals surface area (Å²) in [5.74, 6) is -0.978. The molecule has 0 bridgehead atoms. The minimum atomic E-state index is -4.43. The predicted molar refractivity (Wildman–Crippen MR) is 66.3 cm³/mol. The Bertz CT molecular complexity index is 453. The maximum atomic E-state index is 11.8. The number of alkyl halides is 3. The first-order chi connectivity index (χ1) is 8.70. The van der Waals surface area contributed by atoms with Gasteiger partial charge in [-0.1, -0.05) is 0 Å². The SMILES string of the molecule is O=C(O)c1cc(Br)c(OCOCC(F)(F)F)c(Br)c1. The van der Waals surface area contributed by atoms with E-state index in [-0.39, 0.29) is 20.3 Å². The minimum absolute atomic E-state index is 0.00214. The fraction of sp³-hybridized carbons (Fsp3) is 0.300. The molecule has 4 nitrogen and oxygen atoms in total. The van der Waals surface area contributed by atoms with Crippen LogP contribution in [0.3, 0.4) is 0 Å². The van der Waals surface area contributed by atoms with Crippen molar-refractivity contribution in [3.05, 3.63) is 26.6 Å². The zero-order valence-corrected chi connectivity index (χ0v) is 12.3. The average molecular weight is 408 g/mol. The third-order valence-electron chi connectivity index (χ3n) is 1.80. The van der Waals surface area contributed by atoms with E-state index in [1.165, 1.54) is 12.1 Å². The number of benzene rings is 1. The van der Waals surface area contributed by atoms with Crippen molar-refractivity contribution in [3.63, 3.8) is 0 Å². The van der Waals surface area contributed by atoms with Gasteiger partial charge in [0.25, 0.3) is 0 Å². The maximum absolute atomic E-state index is 11.8. The van der Waals surface area contributed by atoms with E-state index < -0.39 is 25.5 Å². The van der Waals surface area contributed by atoms with Crippen molar-refractivity contribution < 1.29 is 32.5 Å². The maximum Gasteiger partial charge on any atom is 0.411 e. The molecule has 19 heavy (non-hydrogen) atoms. The molecule has 0 unspecified atom stereocenters. The molecule has 0 amide bonds. The largest absolute Gasteiger partial charge is 0.478 e. The van der Waals surface area contributed by atoms with Crippen LogP contribution in [0.25, 0.3) is 0 Å². The highest BCUT2D eigenvalue weighted by molar-refractivity contribution is 9.11. The van der Waals surface area contributed by atoms with Gasteiger partial charge in [-0.25, -0.2) is 4.79 Å². The molecule has 0 atom stereocenters. The molecule has 1 rings (SSSR count). The van der Waals surface area contributed by atoms with Crippen molar-refractivity contribution in [3.8, 4) is 5.75 Å². The van der Waals surface area contributed by atoms with Crippen molar-refractivity contribution in [2.24, 2.45) is 0 Å². The lowest BCUT2D eigenvalue weighted by Crippen LogP contribution is -2.19. The summed E-state index contributed by atoms with van der Waals surface area (Å²) >= 11 is 6.12. The summed E-state index contributed by atoms with van der Waals surface area (Å²) in [4.78, 5) is 10.8. The Hall–Kier alpha value is -0.800. The molecule has 9 heteroatoms. The molecular formula is C10H7Br2F3O4. The summed E-state index contributed by atoms with van der Waals surface area (Å²) in [5.41, 5.74) is 0.00214. The highest BCUT2D eigenvalue weighted by Gasteiger charge is 2.27. The van der Waals surface area contributed by atoms with Gasteiger partial charge in [0.2, 0.25) is 0 Å². The first-order valence-corrected chi connectivity index (χ1v) is 6.29. The Kier molecular flexibility index (Phi) is 5.63. The number of carbonyl (C=O) groups is 1. The van der Waals surface area contributed by atoms with Gasteiger partial charge in [0.15, 0.2) is 12.5 Å². The molecular weight excluding hydrogens is 401 g/mol. The number of carboxylic acid groups (broad SMARTS) is 1. The molecule has 1 aromatic rings. The fourth-order valence-corrected chi connectivity index (χ4v) is 2.49. The molecule has 0 aliphatic carbocycles. The van der Waals surface area contributed by atoms with E-state index in [2.05, 4.69) is 36.6 Å². The zero-order chi connectivity index (χ0) is 14.6. The van der Waals surface area contributed by atoms with E-state index in [1.54, 1.807) is 0 Å². The molecule has 0 radical (unpaired) electrons. The van der Waals surface area contributed by atoms with Crippen molar-refractivity contribution in [1.82, 2.24) is 0 Å². The van der Waals surface area contributed by atoms with E-state index in [4.69, 9.17) is 9.84 Å². The lowest BCUT2D eigenvalue weighted by molar-refractivity contribution is -0.186. The summed E-state index contributed by atoms with van der Waals surface area (Å²) in [6, 6.07) is 2.54. The van der Waals surface area contributed by atoms with Crippen LogP contribution in [0.1, 0.15) is 10.4 Å². The number of aromatic carboxylic acids is 1. The number of carboxylic acids is 1. The molecule has 0 saturated carbocycles. The molecule has 1 aromatic carbocycles. The molecule has 0 fully saturated rings. The smallest absolute Gasteiger partial charge is 0.411 e. The number of halogens is 5. The van der Waals surface area contributed by atoms with Gasteiger partial charge >= 0.3 is 12.1 Å². The summed E-state index contributed by atoms with van der Waals surface area (Å²) in [7, 11) is 0. The van der Waals surface area contributed by atoms with E-state index in [0.717, 1.165) is 0 Å². The van der Waals surface area contributed by atoms with Crippen LogP contribution in [0.2, 0.25) is 0 Å². The quantitative estimate of drug-likeness (QED) is 0.595. The number of ether oxygens (including phenoxy) is 2. The van der Waals surface area contributed by atoms with Crippen LogP contribution in [0.15, 0.2) is 21.1 Å². The molecule has 0 aliphatic rings. The third kappa shape index (κ3) is 5.37. The van der Waals surface area contributed by atoms with Crippen LogP contribution in [0, 0.1) is 0 Å². The van der Waals surface area contributed by atoms with Gasteiger partial charge in [0.1, 0.15) is 6.61 Å². The Morgan fingerprint density at radius 3 is 2.21 bits per heavy atom. The van der Waals surface area contributed by atoms with Crippen LogP contribution in [-0.4, -0.2) is 30.7 Å². The van der Waals surface area contributed by atoms with Crippen LogP contribution in [-0.2, 0) is 4.74 Å². The summed E-state index contributed by atoms with van der Waals surface area (Å²) < 4.78 is 45.3. The lowest BCUT2D eigenvalue weighted by atomic mass is 10.2. The first-order valence-electron chi connectivity index (χ1n) is 4.70. The Morgan fingerprint density at radius 1 is 1.26 bits per heavy atom. The zero-order valence-electron chi connectivity index (χ0n) is 9.13. The number of rotatable bonds is 5. The monoisotopic (exact) mass is 406 g/mol. The Labute approximate surface area is 122 Å². The van der Waals surface area contributed by atoms with Crippen LogP contribution in [0.4, 0.5) is 13.2 Å². The number of hydrogen-bond acceptors (Lipinski definition) is 3. The second-order valence-electron chi connectivity index (χ2n) is 3.30. The van der Waals surface area contributed by atoms with Gasteiger partial charge in [0.05, 0.1) is 14.5 Å². The highest BCUT2D eigenvalue weighted by atomic mass is 79.9. The van der Waals surface area contributed by atoms with E-state index >= 15 is 0 Å². The van der Waals surface area contributed by atoms with Gasteiger partial charge in [0, 0.05) is 0 Å². The van der Waals surface area contributed by atoms with Gasteiger partial charge in [-0.05, 0) is 44.0 Å². The van der Waals surface area contributed by atoms with E-state index in [1.807, 2.05) is 0 Å². The van der Waals surface area contributed by atoms with Gasteiger partial charge < -0.3 is 14.6 Å². The molecule has 1 N–H and O–H groups in total. The van der Waals surface area contributed by atoms with Crippen molar-refractivity contribution in [2.75, 3.05) is 13.4 Å². The van der Waals surface area contributed by atoms with Gasteiger partial charge in [-0.15, -0.1) is 0 Å². The Morgan fingerprint density at radius 2 is 1.79 bits per heavy atom. The summed E-state index contributed by atoms with van der Waals surface area (Å²) in [6.45, 7) is -2.03. The topological polar surface area (TPSA) is 55.8 Å². The molecule has 0 aromatic heterocycles. The van der Waals surface area contributed by atoms with Crippen LogP contribution in [0.5, 0.6) is 5.75 Å². The predicted octanol–water partition coefficient (Wildman–Crippen LogP) is 3.83. The van der Waals surface area contributed by atoms with Gasteiger partial charge in [-0.3, -0.25) is 0 Å². The standard InChI is InChI=1S/C10H7Br2F3O4/c11-6-1-5(9(16)17)2-7(12)8(6)19-4-18-3-10(13,14)15/h1-2H,3-4H2,(H,16,17). The summed E-state index contributed by atoms with van der Waals surface area (Å²) in [5, 5.41) is 8.80. The molecule has 0 spiro atoms. The summed E-state index contributed by atoms with van der Waals surface area (Å²) in [6.07, 6.45) is -4.43. The highest BCUT2D eigenvalue weighted by Crippen LogP contribution is 2.34. The average Bonchev–Trinajstić information content (AvgIpc) is 2.25. The van der Waals surface area contributed by atoms with Gasteiger partial charge in [-0.2, -0.15) is 13.2 Å². The second kappa shape index (κ2) is 6.58. The first kappa shape index (κ1) is 16.3. The van der Waals surface area contributed by atoms with Crippen molar-refractivity contribution >= 4 is 37.8 Å². The lowest BCUT2D eigenvalue weighted by Gasteiger charge is -2.12. The fourth-order valence-electron chi connectivity index (χ4n) is 1.08. The second-order valence-corrected chi connectivity index (χ2v) is 5.01. The third-order valence-corrected chi connectivity index (χ3v) is 2.98. The molecule has 0 saturated heterocycles. The van der Waals surface area contributed by atoms with Crippen molar-refractivity contribution in [1.29, 1.82) is 0 Å². The minimum Gasteiger partial charge on any atom is -0.478 e. The van der Waals surface area contributed by atoms with E-state index in [0.29, 0.717) is 0 Å². The molecule has 0 aliphatic heterocycles. The molecule has 106 valence electrons. The number of hydrogen-bond donors (Lipinski definition) is 1. The van der Waals surface area contributed by atoms with Crippen molar-refractivity contribution in [2.45, 2.75) is 6.18 Å².